The fraction of sp³-hybridized carbons (Fsp3) is 0.950. The van der Waals surface area contributed by atoms with Gasteiger partial charge in [0.25, 0.3) is 0 Å². The Morgan fingerprint density at radius 3 is 0.717 bits per heavy atom. The molecule has 0 aromatic heterocycles. The molecule has 3 N–H and O–H groups in total. The molecule has 588 valence electrons. The van der Waals surface area contributed by atoms with Gasteiger partial charge < -0.3 is 33.8 Å². The van der Waals surface area contributed by atoms with Crippen LogP contribution in [0.5, 0.6) is 0 Å². The molecule has 0 heterocycles. The average Bonchev–Trinajstić information content (AvgIpc) is 1.02. The first-order chi connectivity index (χ1) is 47.9. The zero-order chi connectivity index (χ0) is 72.8. The molecule has 0 aromatic carbocycles. The zero-order valence-electron chi connectivity index (χ0n) is 64.8. The molecular formula is C80H156O17P2. The first kappa shape index (κ1) is 97.1. The van der Waals surface area contributed by atoms with Crippen molar-refractivity contribution in [3.8, 4) is 0 Å². The molecule has 0 aromatic rings. The Balaban J connectivity index is 5.18. The number of hydrogen-bond donors (Lipinski definition) is 3. The van der Waals surface area contributed by atoms with Crippen LogP contribution in [0.4, 0.5) is 0 Å². The highest BCUT2D eigenvalue weighted by atomic mass is 31.2. The molecule has 7 atom stereocenters. The highest BCUT2D eigenvalue weighted by molar-refractivity contribution is 7.47. The number of aliphatic hydroxyl groups is 1. The monoisotopic (exact) mass is 1450 g/mol. The number of phosphoric ester groups is 2. The molecule has 0 saturated heterocycles. The normalized spacial score (nSPS) is 14.5. The van der Waals surface area contributed by atoms with E-state index in [9.17, 15) is 43.2 Å². The molecule has 19 heteroatoms. The maximum absolute atomic E-state index is 13.1. The molecule has 0 radical (unpaired) electrons. The highest BCUT2D eigenvalue weighted by Gasteiger charge is 2.30. The maximum Gasteiger partial charge on any atom is 0.472 e. The van der Waals surface area contributed by atoms with Gasteiger partial charge in [0.2, 0.25) is 0 Å². The van der Waals surface area contributed by atoms with E-state index in [1.807, 2.05) is 0 Å². The molecule has 99 heavy (non-hydrogen) atoms. The summed E-state index contributed by atoms with van der Waals surface area (Å²) in [5.74, 6) is -0.524. The zero-order valence-corrected chi connectivity index (χ0v) is 66.6. The second kappa shape index (κ2) is 71.7. The number of aliphatic hydroxyl groups excluding tert-OH is 1. The van der Waals surface area contributed by atoms with Crippen LogP contribution in [0.3, 0.4) is 0 Å². The summed E-state index contributed by atoms with van der Waals surface area (Å²) in [4.78, 5) is 72.8. The van der Waals surface area contributed by atoms with E-state index < -0.39 is 97.5 Å². The van der Waals surface area contributed by atoms with E-state index in [4.69, 9.17) is 37.0 Å². The van der Waals surface area contributed by atoms with Crippen LogP contribution < -0.4 is 0 Å². The lowest BCUT2D eigenvalue weighted by atomic mass is 9.99. The predicted molar refractivity (Wildman–Crippen MR) is 405 cm³/mol. The first-order valence-corrected chi connectivity index (χ1v) is 44.6. The summed E-state index contributed by atoms with van der Waals surface area (Å²) in [6.07, 6.45) is 61.2. The molecule has 0 aliphatic rings. The third-order valence-corrected chi connectivity index (χ3v) is 21.3. The number of esters is 4. The van der Waals surface area contributed by atoms with Crippen LogP contribution in [-0.2, 0) is 65.4 Å². The third kappa shape index (κ3) is 71.5. The molecule has 0 fully saturated rings. The number of carbonyl (C=O) groups excluding carboxylic acids is 4. The second-order valence-corrected chi connectivity index (χ2v) is 32.2. The van der Waals surface area contributed by atoms with Crippen LogP contribution in [0.1, 0.15) is 420 Å². The summed E-state index contributed by atoms with van der Waals surface area (Å²) < 4.78 is 68.6. The van der Waals surface area contributed by atoms with Crippen LogP contribution in [0.15, 0.2) is 0 Å². The van der Waals surface area contributed by atoms with Gasteiger partial charge in [-0.1, -0.05) is 369 Å². The SMILES string of the molecule is CCCCCCCCCCCCCCCCCCCCC(=O)OC[C@H](COP(=O)(O)OC[C@@H](O)COP(=O)(O)OC[C@@H](COC(=O)CCCCCCCCCCC)OC(=O)CCCCCCCCC(C)CC)OC(=O)CCCCCCCCCCCCCCCCCCCCC(C)CC. The lowest BCUT2D eigenvalue weighted by Crippen LogP contribution is -2.30. The molecule has 0 spiro atoms. The largest absolute Gasteiger partial charge is 0.472 e. The van der Waals surface area contributed by atoms with Crippen molar-refractivity contribution in [3.63, 3.8) is 0 Å². The number of hydrogen-bond acceptors (Lipinski definition) is 15. The minimum atomic E-state index is -4.96. The molecule has 0 saturated carbocycles. The molecular weight excluding hydrogens is 1290 g/mol. The Hall–Kier alpha value is -1.94. The van der Waals surface area contributed by atoms with E-state index >= 15 is 0 Å². The summed E-state index contributed by atoms with van der Waals surface area (Å²) in [7, 11) is -9.91. The smallest absolute Gasteiger partial charge is 0.462 e. The fourth-order valence-electron chi connectivity index (χ4n) is 12.3. The standard InChI is InChI=1S/C80H156O17P2/c1-7-11-13-15-17-19-20-21-22-23-27-30-33-36-40-44-51-57-63-78(83)91-68-75(96-79(84)64-58-52-45-41-37-34-31-28-25-24-26-29-32-35-39-42-48-54-60-72(5)9-3)70-94-98(86,87)92-66-74(81)67-93-99(88,89)95-71-76(69-90-77(82)62-56-50-43-38-18-16-14-12-8-2)97-80(85)65-59-53-47-46-49-55-61-73(6)10-4/h72-76,81H,7-71H2,1-6H3,(H,86,87)(H,88,89)/t72?,73?,74-,75-,76-/m1/s1. The first-order valence-electron chi connectivity index (χ1n) is 41.6. The lowest BCUT2D eigenvalue weighted by Gasteiger charge is -2.21. The van der Waals surface area contributed by atoms with Gasteiger partial charge in [0.1, 0.15) is 19.3 Å². The van der Waals surface area contributed by atoms with Crippen LogP contribution in [0.25, 0.3) is 0 Å². The molecule has 17 nitrogen and oxygen atoms in total. The van der Waals surface area contributed by atoms with Crippen LogP contribution in [0, 0.1) is 11.8 Å². The molecule has 0 rings (SSSR count). The predicted octanol–water partition coefficient (Wildman–Crippen LogP) is 23.9. The van der Waals surface area contributed by atoms with E-state index in [1.54, 1.807) is 0 Å². The Labute approximate surface area is 607 Å². The van der Waals surface area contributed by atoms with Crippen molar-refractivity contribution in [1.82, 2.24) is 0 Å². The van der Waals surface area contributed by atoms with Gasteiger partial charge in [-0.3, -0.25) is 37.3 Å². The van der Waals surface area contributed by atoms with Crippen molar-refractivity contribution in [2.75, 3.05) is 39.6 Å². The summed E-state index contributed by atoms with van der Waals surface area (Å²) in [6.45, 7) is 9.62. The Kier molecular flexibility index (Phi) is 70.3. The third-order valence-electron chi connectivity index (χ3n) is 19.4. The van der Waals surface area contributed by atoms with Crippen molar-refractivity contribution in [2.45, 2.75) is 439 Å². The topological polar surface area (TPSA) is 237 Å². The molecule has 0 bridgehead atoms. The van der Waals surface area contributed by atoms with Gasteiger partial charge in [0, 0.05) is 25.7 Å². The van der Waals surface area contributed by atoms with Crippen LogP contribution in [0.2, 0.25) is 0 Å². The quantitative estimate of drug-likeness (QED) is 0.0222. The average molecular weight is 1450 g/mol. The van der Waals surface area contributed by atoms with Crippen LogP contribution >= 0.6 is 15.6 Å². The maximum atomic E-state index is 13.1. The summed E-state index contributed by atoms with van der Waals surface area (Å²) in [5, 5.41) is 10.6. The number of rotatable bonds is 79. The number of unbranched alkanes of at least 4 members (excludes halogenated alkanes) is 47. The molecule has 0 aliphatic carbocycles. The summed E-state index contributed by atoms with van der Waals surface area (Å²) >= 11 is 0. The number of carbonyl (C=O) groups is 4. The Bertz CT molecular complexity index is 1910. The van der Waals surface area contributed by atoms with Gasteiger partial charge in [-0.05, 0) is 37.5 Å². The summed E-state index contributed by atoms with van der Waals surface area (Å²) in [5.41, 5.74) is 0. The Morgan fingerprint density at radius 1 is 0.283 bits per heavy atom. The van der Waals surface area contributed by atoms with Gasteiger partial charge in [0.05, 0.1) is 26.4 Å². The van der Waals surface area contributed by atoms with Gasteiger partial charge in [-0.25, -0.2) is 9.13 Å². The van der Waals surface area contributed by atoms with E-state index in [2.05, 4.69) is 41.5 Å². The molecule has 4 unspecified atom stereocenters. The van der Waals surface area contributed by atoms with Crippen molar-refractivity contribution < 1.29 is 80.2 Å². The number of phosphoric acid groups is 2. The van der Waals surface area contributed by atoms with E-state index in [1.165, 1.54) is 238 Å². The van der Waals surface area contributed by atoms with E-state index in [0.29, 0.717) is 25.7 Å². The number of ether oxygens (including phenoxy) is 4. The van der Waals surface area contributed by atoms with Gasteiger partial charge in [0.15, 0.2) is 12.2 Å². The van der Waals surface area contributed by atoms with Gasteiger partial charge in [-0.2, -0.15) is 0 Å². The van der Waals surface area contributed by atoms with Gasteiger partial charge in [-0.15, -0.1) is 0 Å². The molecule has 0 aliphatic heterocycles. The van der Waals surface area contributed by atoms with E-state index in [0.717, 1.165) is 102 Å². The van der Waals surface area contributed by atoms with Crippen molar-refractivity contribution in [2.24, 2.45) is 11.8 Å². The summed E-state index contributed by atoms with van der Waals surface area (Å²) in [6, 6.07) is 0. The second-order valence-electron chi connectivity index (χ2n) is 29.3. The van der Waals surface area contributed by atoms with Gasteiger partial charge >= 0.3 is 39.5 Å². The van der Waals surface area contributed by atoms with Crippen molar-refractivity contribution in [1.29, 1.82) is 0 Å². The minimum absolute atomic E-state index is 0.103. The Morgan fingerprint density at radius 2 is 0.485 bits per heavy atom. The van der Waals surface area contributed by atoms with Crippen molar-refractivity contribution >= 4 is 39.5 Å². The fourth-order valence-corrected chi connectivity index (χ4v) is 13.9. The molecule has 0 amide bonds. The van der Waals surface area contributed by atoms with E-state index in [-0.39, 0.29) is 25.7 Å². The highest BCUT2D eigenvalue weighted by Crippen LogP contribution is 2.45. The van der Waals surface area contributed by atoms with Crippen molar-refractivity contribution in [3.05, 3.63) is 0 Å². The lowest BCUT2D eigenvalue weighted by molar-refractivity contribution is -0.161. The van der Waals surface area contributed by atoms with Crippen LogP contribution in [-0.4, -0.2) is 96.7 Å². The minimum Gasteiger partial charge on any atom is -0.462 e.